The molecule has 0 unspecified atom stereocenters. The topological polar surface area (TPSA) is 122 Å². The van der Waals surface area contributed by atoms with Crippen molar-refractivity contribution in [2.45, 2.75) is 44.6 Å². The zero-order chi connectivity index (χ0) is 14.3. The van der Waals surface area contributed by atoms with Crippen LogP contribution in [0.1, 0.15) is 38.5 Å². The number of aliphatic carboxylic acids is 1. The van der Waals surface area contributed by atoms with Crippen LogP contribution in [0.2, 0.25) is 0 Å². The molecule has 0 spiro atoms. The van der Waals surface area contributed by atoms with Crippen molar-refractivity contribution in [3.8, 4) is 0 Å². The van der Waals surface area contributed by atoms with E-state index in [1.54, 1.807) is 0 Å². The molecular formula is C12H21N3O4. The van der Waals surface area contributed by atoms with Gasteiger partial charge in [-0.2, -0.15) is 0 Å². The maximum absolute atomic E-state index is 11.5. The van der Waals surface area contributed by atoms with Crippen molar-refractivity contribution < 1.29 is 19.5 Å². The van der Waals surface area contributed by atoms with Gasteiger partial charge in [0, 0.05) is 19.0 Å². The minimum absolute atomic E-state index is 0.0632. The number of carbonyl (C=O) groups is 3. The van der Waals surface area contributed by atoms with Crippen LogP contribution in [0, 0.1) is 5.92 Å². The van der Waals surface area contributed by atoms with Crippen LogP contribution in [-0.2, 0) is 9.59 Å². The molecule has 108 valence electrons. The van der Waals surface area contributed by atoms with Crippen molar-refractivity contribution in [2.75, 3.05) is 6.54 Å². The summed E-state index contributed by atoms with van der Waals surface area (Å²) < 4.78 is 0. The minimum Gasteiger partial charge on any atom is -0.481 e. The average molecular weight is 271 g/mol. The highest BCUT2D eigenvalue weighted by Gasteiger charge is 2.30. The van der Waals surface area contributed by atoms with Gasteiger partial charge in [-0.25, -0.2) is 4.79 Å². The lowest BCUT2D eigenvalue weighted by Gasteiger charge is -2.13. The number of amides is 3. The molecule has 0 aromatic rings. The molecule has 0 aromatic heterocycles. The number of unbranched alkanes of at least 4 members (excludes halogenated alkanes) is 1. The first-order valence-corrected chi connectivity index (χ1v) is 6.54. The van der Waals surface area contributed by atoms with Gasteiger partial charge < -0.3 is 21.5 Å². The van der Waals surface area contributed by atoms with Crippen LogP contribution < -0.4 is 16.4 Å². The number of carbonyl (C=O) groups excluding carboxylic acids is 2. The second-order valence-electron chi connectivity index (χ2n) is 4.87. The molecule has 0 radical (unpaired) electrons. The van der Waals surface area contributed by atoms with Gasteiger partial charge in [-0.15, -0.1) is 0 Å². The second-order valence-corrected chi connectivity index (χ2v) is 4.87. The Balaban J connectivity index is 2.08. The summed E-state index contributed by atoms with van der Waals surface area (Å²) in [4.78, 5) is 32.8. The summed E-state index contributed by atoms with van der Waals surface area (Å²) in [6.07, 6.45) is 3.47. The lowest BCUT2D eigenvalue weighted by Crippen LogP contribution is -2.41. The van der Waals surface area contributed by atoms with Crippen LogP contribution in [0.4, 0.5) is 4.79 Å². The Morgan fingerprint density at radius 3 is 2.53 bits per heavy atom. The van der Waals surface area contributed by atoms with E-state index in [4.69, 9.17) is 10.8 Å². The number of hydrogen-bond donors (Lipinski definition) is 4. The third-order valence-electron chi connectivity index (χ3n) is 3.25. The average Bonchev–Trinajstić information content (AvgIpc) is 2.76. The molecule has 1 rings (SSSR count). The van der Waals surface area contributed by atoms with Gasteiger partial charge in [0.25, 0.3) is 0 Å². The van der Waals surface area contributed by atoms with E-state index in [9.17, 15) is 14.4 Å². The third-order valence-corrected chi connectivity index (χ3v) is 3.25. The van der Waals surface area contributed by atoms with Crippen LogP contribution in [0.25, 0.3) is 0 Å². The van der Waals surface area contributed by atoms with E-state index in [1.807, 2.05) is 0 Å². The Morgan fingerprint density at radius 1 is 1.21 bits per heavy atom. The maximum atomic E-state index is 11.5. The van der Waals surface area contributed by atoms with Crippen LogP contribution in [0.15, 0.2) is 0 Å². The molecule has 0 bridgehead atoms. The summed E-state index contributed by atoms with van der Waals surface area (Å²) in [5.41, 5.74) is 4.99. The molecule has 5 N–H and O–H groups in total. The molecule has 1 aliphatic carbocycles. The van der Waals surface area contributed by atoms with Crippen molar-refractivity contribution in [3.63, 3.8) is 0 Å². The standard InChI is InChI=1S/C12H21N3O4/c13-10(16)3-1-2-6-14-12(19)15-9-5-4-8(7-9)11(17)18/h8-9H,1-7H2,(H2,13,16)(H,17,18)(H2,14,15,19)/t8-,9+/m1/s1. The van der Waals surface area contributed by atoms with Gasteiger partial charge in [-0.05, 0) is 32.1 Å². The Bertz CT molecular complexity index is 346. The monoisotopic (exact) mass is 271 g/mol. The lowest BCUT2D eigenvalue weighted by atomic mass is 10.1. The van der Waals surface area contributed by atoms with Gasteiger partial charge in [0.15, 0.2) is 0 Å². The SMILES string of the molecule is NC(=O)CCCCNC(=O)N[C@H]1CC[C@@H](C(=O)O)C1. The summed E-state index contributed by atoms with van der Waals surface area (Å²) in [5, 5.41) is 14.3. The van der Waals surface area contributed by atoms with Crippen molar-refractivity contribution in [2.24, 2.45) is 11.7 Å². The second kappa shape index (κ2) is 7.60. The van der Waals surface area contributed by atoms with Crippen LogP contribution >= 0.6 is 0 Å². The molecule has 7 heteroatoms. The highest BCUT2D eigenvalue weighted by molar-refractivity contribution is 5.75. The third kappa shape index (κ3) is 6.08. The lowest BCUT2D eigenvalue weighted by molar-refractivity contribution is -0.141. The number of carboxylic acids is 1. The summed E-state index contributed by atoms with van der Waals surface area (Å²) in [5.74, 6) is -1.48. The molecule has 0 aromatic carbocycles. The van der Waals surface area contributed by atoms with Crippen molar-refractivity contribution in [3.05, 3.63) is 0 Å². The zero-order valence-corrected chi connectivity index (χ0v) is 10.9. The molecule has 0 heterocycles. The van der Waals surface area contributed by atoms with Gasteiger partial charge in [0.2, 0.25) is 5.91 Å². The summed E-state index contributed by atoms with van der Waals surface area (Å²) in [7, 11) is 0. The predicted octanol–water partition coefficient (Wildman–Crippen LogP) is 0.194. The van der Waals surface area contributed by atoms with Crippen molar-refractivity contribution >= 4 is 17.9 Å². The number of rotatable bonds is 7. The maximum Gasteiger partial charge on any atom is 0.315 e. The number of primary amides is 1. The molecule has 0 aliphatic heterocycles. The summed E-state index contributed by atoms with van der Waals surface area (Å²) in [6, 6.07) is -0.346. The van der Waals surface area contributed by atoms with E-state index in [-0.39, 0.29) is 23.9 Å². The van der Waals surface area contributed by atoms with Gasteiger partial charge in [0.05, 0.1) is 5.92 Å². The van der Waals surface area contributed by atoms with E-state index >= 15 is 0 Å². The molecule has 0 saturated heterocycles. The van der Waals surface area contributed by atoms with Gasteiger partial charge in [-0.3, -0.25) is 9.59 Å². The van der Waals surface area contributed by atoms with Gasteiger partial charge >= 0.3 is 12.0 Å². The van der Waals surface area contributed by atoms with Crippen LogP contribution in [0.5, 0.6) is 0 Å². The molecule has 2 atom stereocenters. The largest absolute Gasteiger partial charge is 0.481 e. The fourth-order valence-corrected chi connectivity index (χ4v) is 2.20. The highest BCUT2D eigenvalue weighted by atomic mass is 16.4. The first kappa shape index (κ1) is 15.3. The zero-order valence-electron chi connectivity index (χ0n) is 10.9. The van der Waals surface area contributed by atoms with E-state index in [1.165, 1.54) is 0 Å². The van der Waals surface area contributed by atoms with Gasteiger partial charge in [-0.1, -0.05) is 0 Å². The molecule has 1 saturated carbocycles. The smallest absolute Gasteiger partial charge is 0.315 e. The molecule has 3 amide bonds. The first-order valence-electron chi connectivity index (χ1n) is 6.54. The molecular weight excluding hydrogens is 250 g/mol. The Hall–Kier alpha value is -1.79. The molecule has 7 nitrogen and oxygen atoms in total. The Labute approximate surface area is 111 Å². The fourth-order valence-electron chi connectivity index (χ4n) is 2.20. The highest BCUT2D eigenvalue weighted by Crippen LogP contribution is 2.25. The predicted molar refractivity (Wildman–Crippen MR) is 68.3 cm³/mol. The quantitative estimate of drug-likeness (QED) is 0.494. The van der Waals surface area contributed by atoms with Crippen molar-refractivity contribution in [1.29, 1.82) is 0 Å². The normalized spacial score (nSPS) is 21.9. The van der Waals surface area contributed by atoms with E-state index in [0.29, 0.717) is 45.1 Å². The first-order chi connectivity index (χ1) is 8.99. The number of hydrogen-bond acceptors (Lipinski definition) is 3. The Morgan fingerprint density at radius 2 is 1.95 bits per heavy atom. The van der Waals surface area contributed by atoms with E-state index in [2.05, 4.69) is 10.6 Å². The van der Waals surface area contributed by atoms with Crippen molar-refractivity contribution in [1.82, 2.24) is 10.6 Å². The van der Waals surface area contributed by atoms with E-state index < -0.39 is 5.97 Å². The van der Waals surface area contributed by atoms with Crippen LogP contribution in [-0.4, -0.2) is 35.6 Å². The Kier molecular flexibility index (Phi) is 6.11. The summed E-state index contributed by atoms with van der Waals surface area (Å²) >= 11 is 0. The minimum atomic E-state index is -0.795. The summed E-state index contributed by atoms with van der Waals surface area (Å²) in [6.45, 7) is 0.480. The number of nitrogens with two attached hydrogens (primary N) is 1. The van der Waals surface area contributed by atoms with Crippen LogP contribution in [0.3, 0.4) is 0 Å². The number of urea groups is 1. The van der Waals surface area contributed by atoms with Gasteiger partial charge in [0.1, 0.15) is 0 Å². The fraction of sp³-hybridized carbons (Fsp3) is 0.750. The number of carboxylic acid groups (broad SMARTS) is 1. The number of nitrogens with one attached hydrogen (secondary N) is 2. The molecule has 1 aliphatic rings. The molecule has 1 fully saturated rings. The van der Waals surface area contributed by atoms with E-state index in [0.717, 1.165) is 0 Å². The molecule has 19 heavy (non-hydrogen) atoms.